The van der Waals surface area contributed by atoms with E-state index in [0.29, 0.717) is 17.3 Å². The maximum Gasteiger partial charge on any atom is 0.276 e. The Labute approximate surface area is 130 Å². The molecule has 1 aliphatic heterocycles. The standard InChI is InChI=1S/C16H22N2O4/c1-9(15(19)20)17-14-11-7-13(22-5)12(21-4)6-10(11)8-16(2,3)18-14/h6-7,9H,8H2,1-5H3,(H,17,18)(H,19,20)/t9-/m1/s1. The number of carbonyl (C=O) groups excluding carboxylic acids is 1. The van der Waals surface area contributed by atoms with E-state index in [-0.39, 0.29) is 5.54 Å². The second-order valence-electron chi connectivity index (χ2n) is 6.11. The van der Waals surface area contributed by atoms with Gasteiger partial charge in [-0.2, -0.15) is 0 Å². The number of methoxy groups -OCH3 is 2. The summed E-state index contributed by atoms with van der Waals surface area (Å²) in [6.07, 6.45) is 0.785. The van der Waals surface area contributed by atoms with Gasteiger partial charge in [0.25, 0.3) is 5.84 Å². The van der Waals surface area contributed by atoms with E-state index >= 15 is 0 Å². The van der Waals surface area contributed by atoms with Gasteiger partial charge >= 0.3 is 0 Å². The number of carboxylic acid groups (broad SMARTS) is 1. The number of rotatable bonds is 4. The van der Waals surface area contributed by atoms with Crippen molar-refractivity contribution in [2.24, 2.45) is 0 Å². The number of benzene rings is 1. The first-order valence-corrected chi connectivity index (χ1v) is 7.15. The highest BCUT2D eigenvalue weighted by molar-refractivity contribution is 5.98. The molecule has 1 atom stereocenters. The zero-order valence-electron chi connectivity index (χ0n) is 13.6. The van der Waals surface area contributed by atoms with Crippen molar-refractivity contribution in [1.29, 1.82) is 0 Å². The molecule has 0 spiro atoms. The summed E-state index contributed by atoms with van der Waals surface area (Å²) >= 11 is 0. The highest BCUT2D eigenvalue weighted by Crippen LogP contribution is 2.33. The number of nitrogens with one attached hydrogen (secondary N) is 2. The molecule has 22 heavy (non-hydrogen) atoms. The van der Waals surface area contributed by atoms with Crippen molar-refractivity contribution in [1.82, 2.24) is 5.32 Å². The first-order chi connectivity index (χ1) is 10.3. The molecule has 0 aromatic heterocycles. The molecular weight excluding hydrogens is 284 g/mol. The van der Waals surface area contributed by atoms with Crippen LogP contribution in [0.3, 0.4) is 0 Å². The van der Waals surface area contributed by atoms with E-state index < -0.39 is 12.0 Å². The van der Waals surface area contributed by atoms with Crippen molar-refractivity contribution in [2.45, 2.75) is 38.8 Å². The number of ether oxygens (including phenoxy) is 2. The lowest BCUT2D eigenvalue weighted by molar-refractivity contribution is -0.503. The molecule has 1 aromatic rings. The average Bonchev–Trinajstić information content (AvgIpc) is 2.44. The Bertz CT molecular complexity index is 623. The first-order valence-electron chi connectivity index (χ1n) is 7.15. The second kappa shape index (κ2) is 5.87. The molecule has 1 aromatic carbocycles. The van der Waals surface area contributed by atoms with E-state index in [1.165, 1.54) is 0 Å². The molecule has 0 fully saturated rings. The number of fused-ring (bicyclic) bond motifs is 1. The Morgan fingerprint density at radius 2 is 1.91 bits per heavy atom. The van der Waals surface area contributed by atoms with E-state index in [0.717, 1.165) is 17.5 Å². The monoisotopic (exact) mass is 306 g/mol. The molecule has 120 valence electrons. The van der Waals surface area contributed by atoms with Crippen LogP contribution in [0.2, 0.25) is 0 Å². The van der Waals surface area contributed by atoms with Crippen LogP contribution in [0.1, 0.15) is 31.9 Å². The summed E-state index contributed by atoms with van der Waals surface area (Å²) in [6.45, 7) is 5.65. The number of aliphatic carboxylic acids is 1. The molecule has 0 saturated heterocycles. The number of hydrogen-bond acceptors (Lipinski definition) is 4. The molecule has 1 aliphatic rings. The average molecular weight is 306 g/mol. The smallest absolute Gasteiger partial charge is 0.276 e. The molecule has 0 saturated carbocycles. The zero-order valence-corrected chi connectivity index (χ0v) is 13.6. The highest BCUT2D eigenvalue weighted by Gasteiger charge is 2.35. The normalized spacial score (nSPS) is 19.0. The zero-order chi connectivity index (χ0) is 16.5. The maximum atomic E-state index is 11.0. The minimum Gasteiger partial charge on any atom is -0.546 e. The predicted octanol–water partition coefficient (Wildman–Crippen LogP) is -1.41. The van der Waals surface area contributed by atoms with Crippen molar-refractivity contribution in [2.75, 3.05) is 14.2 Å². The summed E-state index contributed by atoms with van der Waals surface area (Å²) in [7, 11) is 3.17. The van der Waals surface area contributed by atoms with Crippen LogP contribution in [0.25, 0.3) is 0 Å². The number of amidine groups is 1. The highest BCUT2D eigenvalue weighted by atomic mass is 16.5. The molecule has 2 rings (SSSR count). The van der Waals surface area contributed by atoms with Crippen LogP contribution < -0.4 is 24.9 Å². The van der Waals surface area contributed by atoms with Gasteiger partial charge in [-0.15, -0.1) is 0 Å². The van der Waals surface area contributed by atoms with Gasteiger partial charge in [0.2, 0.25) is 0 Å². The molecule has 0 unspecified atom stereocenters. The van der Waals surface area contributed by atoms with Crippen molar-refractivity contribution < 1.29 is 24.4 Å². The topological polar surface area (TPSA) is 84.6 Å². The summed E-state index contributed by atoms with van der Waals surface area (Å²) in [5.74, 6) is 0.762. The molecule has 0 radical (unpaired) electrons. The molecule has 6 nitrogen and oxygen atoms in total. The molecular formula is C16H22N2O4. The van der Waals surface area contributed by atoms with E-state index in [1.807, 2.05) is 12.1 Å². The Kier molecular flexibility index (Phi) is 4.30. The van der Waals surface area contributed by atoms with Gasteiger partial charge in [-0.25, -0.2) is 0 Å². The molecule has 0 bridgehead atoms. The Morgan fingerprint density at radius 3 is 2.45 bits per heavy atom. The van der Waals surface area contributed by atoms with Crippen LogP contribution in [0.15, 0.2) is 12.1 Å². The van der Waals surface area contributed by atoms with Gasteiger partial charge in [0.15, 0.2) is 11.5 Å². The third kappa shape index (κ3) is 3.16. The molecule has 0 amide bonds. The molecule has 2 N–H and O–H groups in total. The largest absolute Gasteiger partial charge is 0.546 e. The van der Waals surface area contributed by atoms with E-state index in [1.54, 1.807) is 21.1 Å². The van der Waals surface area contributed by atoms with Crippen LogP contribution in [-0.2, 0) is 11.2 Å². The molecule has 1 heterocycles. The van der Waals surface area contributed by atoms with Crippen LogP contribution in [0.5, 0.6) is 11.5 Å². The van der Waals surface area contributed by atoms with Gasteiger partial charge in [-0.3, -0.25) is 10.3 Å². The van der Waals surface area contributed by atoms with E-state index in [2.05, 4.69) is 24.2 Å². The van der Waals surface area contributed by atoms with Crippen LogP contribution in [0.4, 0.5) is 0 Å². The lowest BCUT2D eigenvalue weighted by atomic mass is 9.86. The van der Waals surface area contributed by atoms with Gasteiger partial charge in [0, 0.05) is 6.42 Å². The number of carboxylic acids is 1. The lowest BCUT2D eigenvalue weighted by Gasteiger charge is -2.30. The SMILES string of the molecule is COc1cc2c(cc1OC)C(=[NH+][C@H](C)C(=O)[O-])NC(C)(C)C2. The summed E-state index contributed by atoms with van der Waals surface area (Å²) in [5, 5.41) is 14.4. The minimum absolute atomic E-state index is 0.208. The van der Waals surface area contributed by atoms with Crippen LogP contribution in [-0.4, -0.2) is 37.6 Å². The fourth-order valence-corrected chi connectivity index (χ4v) is 2.62. The molecule has 6 heteroatoms. The van der Waals surface area contributed by atoms with Gasteiger partial charge < -0.3 is 19.4 Å². The fraction of sp³-hybridized carbons (Fsp3) is 0.500. The third-order valence-corrected chi connectivity index (χ3v) is 3.69. The fourth-order valence-electron chi connectivity index (χ4n) is 2.62. The third-order valence-electron chi connectivity index (χ3n) is 3.69. The van der Waals surface area contributed by atoms with Crippen molar-refractivity contribution in [3.8, 4) is 11.5 Å². The quantitative estimate of drug-likeness (QED) is 0.714. The van der Waals surface area contributed by atoms with Gasteiger partial charge in [0.05, 0.1) is 25.8 Å². The summed E-state index contributed by atoms with van der Waals surface area (Å²) in [4.78, 5) is 14.0. The maximum absolute atomic E-state index is 11.0. The summed E-state index contributed by atoms with van der Waals surface area (Å²) in [5.41, 5.74) is 1.74. The Hall–Kier alpha value is -2.24. The van der Waals surface area contributed by atoms with Gasteiger partial charge in [-0.1, -0.05) is 0 Å². The van der Waals surface area contributed by atoms with Crippen molar-refractivity contribution >= 4 is 11.8 Å². The van der Waals surface area contributed by atoms with Crippen LogP contribution >= 0.6 is 0 Å². The summed E-state index contributed by atoms with van der Waals surface area (Å²) in [6, 6.07) is 2.97. The molecule has 0 aliphatic carbocycles. The van der Waals surface area contributed by atoms with E-state index in [9.17, 15) is 9.90 Å². The van der Waals surface area contributed by atoms with Crippen molar-refractivity contribution in [3.05, 3.63) is 23.3 Å². The van der Waals surface area contributed by atoms with Gasteiger partial charge in [-0.05, 0) is 38.5 Å². The minimum atomic E-state index is -1.15. The lowest BCUT2D eigenvalue weighted by Crippen LogP contribution is -2.86. The number of carbonyl (C=O) groups is 1. The predicted molar refractivity (Wildman–Crippen MR) is 80.0 cm³/mol. The van der Waals surface area contributed by atoms with E-state index in [4.69, 9.17) is 9.47 Å². The Balaban J connectivity index is 2.58. The summed E-state index contributed by atoms with van der Waals surface area (Å²) < 4.78 is 10.7. The van der Waals surface area contributed by atoms with Gasteiger partial charge in [0.1, 0.15) is 11.6 Å². The van der Waals surface area contributed by atoms with Crippen LogP contribution in [0, 0.1) is 0 Å². The first kappa shape index (κ1) is 16.1. The second-order valence-corrected chi connectivity index (χ2v) is 6.11. The van der Waals surface area contributed by atoms with Crippen molar-refractivity contribution in [3.63, 3.8) is 0 Å². The number of hydrogen-bond donors (Lipinski definition) is 2. The Morgan fingerprint density at radius 1 is 1.32 bits per heavy atom.